The molecule has 0 spiro atoms. The van der Waals surface area contributed by atoms with Gasteiger partial charge in [0.15, 0.2) is 9.84 Å². The predicted octanol–water partition coefficient (Wildman–Crippen LogP) is 2.35. The van der Waals surface area contributed by atoms with Gasteiger partial charge < -0.3 is 10.2 Å². The van der Waals surface area contributed by atoms with Gasteiger partial charge in [-0.05, 0) is 24.0 Å². The third-order valence-corrected chi connectivity index (χ3v) is 8.34. The minimum Gasteiger partial charge on any atom is -0.465 e. The van der Waals surface area contributed by atoms with Gasteiger partial charge in [0, 0.05) is 13.1 Å². The van der Waals surface area contributed by atoms with Gasteiger partial charge in [0.1, 0.15) is 0 Å². The third-order valence-electron chi connectivity index (χ3n) is 6.50. The normalized spacial score (nSPS) is 27.0. The van der Waals surface area contributed by atoms with Crippen LogP contribution in [0, 0.1) is 0 Å². The molecule has 2 N–H and O–H groups in total. The summed E-state index contributed by atoms with van der Waals surface area (Å²) in [6, 6.07) is 18.1. The zero-order valence-electron chi connectivity index (χ0n) is 16.8. The van der Waals surface area contributed by atoms with Crippen LogP contribution in [-0.2, 0) is 22.7 Å². The minimum atomic E-state index is -3.73. The van der Waals surface area contributed by atoms with Crippen molar-refractivity contribution in [3.8, 4) is 0 Å². The Hall–Kier alpha value is -3.07. The summed E-state index contributed by atoms with van der Waals surface area (Å²) in [7, 11) is -3.73. The van der Waals surface area contributed by atoms with Crippen LogP contribution < -0.4 is 0 Å². The Balaban J connectivity index is 1.97. The van der Waals surface area contributed by atoms with E-state index in [4.69, 9.17) is 0 Å². The van der Waals surface area contributed by atoms with E-state index < -0.39 is 44.6 Å². The van der Waals surface area contributed by atoms with Crippen LogP contribution in [-0.4, -0.2) is 76.3 Å². The van der Waals surface area contributed by atoms with E-state index in [0.29, 0.717) is 0 Å². The van der Waals surface area contributed by atoms with Crippen molar-refractivity contribution in [3.05, 3.63) is 71.8 Å². The average Bonchev–Trinajstić information content (AvgIpc) is 2.94. The van der Waals surface area contributed by atoms with Gasteiger partial charge in [0.2, 0.25) is 0 Å². The van der Waals surface area contributed by atoms with Gasteiger partial charge in [0.25, 0.3) is 0 Å². The van der Waals surface area contributed by atoms with Gasteiger partial charge in [-0.1, -0.05) is 60.7 Å². The molecule has 2 aliphatic rings. The van der Waals surface area contributed by atoms with Gasteiger partial charge in [-0.3, -0.25) is 9.80 Å². The molecule has 2 atom stereocenters. The van der Waals surface area contributed by atoms with Crippen molar-refractivity contribution >= 4 is 22.0 Å². The maximum atomic E-state index is 13.1. The fourth-order valence-electron chi connectivity index (χ4n) is 5.38. The lowest BCUT2D eigenvalue weighted by Gasteiger charge is -2.58. The molecular weight excluding hydrogens is 420 g/mol. The highest BCUT2D eigenvalue weighted by atomic mass is 32.2. The lowest BCUT2D eigenvalue weighted by atomic mass is 9.68. The van der Waals surface area contributed by atoms with Crippen LogP contribution in [0.2, 0.25) is 0 Å². The lowest BCUT2D eigenvalue weighted by Crippen LogP contribution is -2.78. The monoisotopic (exact) mass is 444 g/mol. The van der Waals surface area contributed by atoms with Crippen LogP contribution in [0.1, 0.15) is 11.1 Å². The number of carboxylic acid groups (broad SMARTS) is 2. The van der Waals surface area contributed by atoms with Gasteiger partial charge in [-0.2, -0.15) is 0 Å². The zero-order valence-corrected chi connectivity index (χ0v) is 17.7. The second-order valence-electron chi connectivity index (χ2n) is 8.29. The molecule has 2 fully saturated rings. The number of amides is 2. The number of piperazine rings is 1. The van der Waals surface area contributed by atoms with E-state index in [-0.39, 0.29) is 25.9 Å². The maximum Gasteiger partial charge on any atom is 0.407 e. The Bertz CT molecular complexity index is 1010. The molecule has 4 rings (SSSR count). The smallest absolute Gasteiger partial charge is 0.407 e. The van der Waals surface area contributed by atoms with Crippen molar-refractivity contribution in [1.82, 2.24) is 9.80 Å². The summed E-state index contributed by atoms with van der Waals surface area (Å²) in [5.74, 6) is -0.838. The fourth-order valence-corrected chi connectivity index (χ4v) is 7.99. The first-order chi connectivity index (χ1) is 14.7. The van der Waals surface area contributed by atoms with Crippen LogP contribution in [0.4, 0.5) is 9.59 Å². The van der Waals surface area contributed by atoms with Gasteiger partial charge in [0.05, 0.1) is 22.6 Å². The van der Waals surface area contributed by atoms with E-state index in [0.717, 1.165) is 11.1 Å². The Morgan fingerprint density at radius 2 is 1.10 bits per heavy atom. The van der Waals surface area contributed by atoms with E-state index in [1.165, 1.54) is 9.80 Å². The molecule has 0 aromatic heterocycles. The van der Waals surface area contributed by atoms with E-state index in [2.05, 4.69) is 0 Å². The Kier molecular flexibility index (Phi) is 5.17. The Morgan fingerprint density at radius 3 is 1.42 bits per heavy atom. The molecular formula is C22H24N2O6S. The number of benzene rings is 2. The first-order valence-corrected chi connectivity index (χ1v) is 11.8. The van der Waals surface area contributed by atoms with E-state index >= 15 is 0 Å². The van der Waals surface area contributed by atoms with Gasteiger partial charge in [-0.15, -0.1) is 0 Å². The number of fused-ring (bicyclic) bond motifs is 1. The molecule has 0 aliphatic carbocycles. The van der Waals surface area contributed by atoms with E-state index in [1.807, 2.05) is 36.4 Å². The molecule has 2 heterocycles. The van der Waals surface area contributed by atoms with Crippen LogP contribution in [0.25, 0.3) is 0 Å². The SMILES string of the molecule is O=C(O)N1CCN(C(=O)O)[C@@]2(Cc3ccccc3)CS(=O)(=O)C[C@@]12Cc1ccccc1. The van der Waals surface area contributed by atoms with Crippen molar-refractivity contribution < 1.29 is 28.2 Å². The van der Waals surface area contributed by atoms with E-state index in [1.54, 1.807) is 24.3 Å². The summed E-state index contributed by atoms with van der Waals surface area (Å²) in [5, 5.41) is 20.1. The van der Waals surface area contributed by atoms with Crippen molar-refractivity contribution in [2.24, 2.45) is 0 Å². The second kappa shape index (κ2) is 7.56. The molecule has 2 aromatic carbocycles. The first-order valence-electron chi connectivity index (χ1n) is 9.99. The Morgan fingerprint density at radius 1 is 0.742 bits per heavy atom. The standard InChI is InChI=1S/C22H24N2O6S/c25-19(26)23-11-12-24(20(27)28)22(14-18-9-5-2-6-10-18)16-31(29,30)15-21(22,23)13-17-7-3-1-4-8-17/h1-10H,11-16H2,(H,25,26)(H,27,28)/t21-,22+. The molecule has 8 nitrogen and oxygen atoms in total. The first kappa shape index (κ1) is 21.2. The number of hydrogen-bond donors (Lipinski definition) is 2. The maximum absolute atomic E-state index is 13.1. The topological polar surface area (TPSA) is 115 Å². The average molecular weight is 445 g/mol. The molecule has 2 saturated heterocycles. The summed E-state index contributed by atoms with van der Waals surface area (Å²) >= 11 is 0. The molecule has 0 bridgehead atoms. The molecule has 2 aliphatic heterocycles. The molecule has 164 valence electrons. The predicted molar refractivity (Wildman–Crippen MR) is 114 cm³/mol. The van der Waals surface area contributed by atoms with Crippen molar-refractivity contribution in [2.75, 3.05) is 24.6 Å². The van der Waals surface area contributed by atoms with Crippen LogP contribution in [0.15, 0.2) is 60.7 Å². The second-order valence-corrected chi connectivity index (χ2v) is 10.4. The quantitative estimate of drug-likeness (QED) is 0.748. The number of nitrogens with zero attached hydrogens (tertiary/aromatic N) is 2. The number of carbonyl (C=O) groups is 2. The molecule has 2 aromatic rings. The molecule has 31 heavy (non-hydrogen) atoms. The molecule has 0 unspecified atom stereocenters. The lowest BCUT2D eigenvalue weighted by molar-refractivity contribution is -0.0648. The van der Waals surface area contributed by atoms with Crippen molar-refractivity contribution in [1.29, 1.82) is 0 Å². The van der Waals surface area contributed by atoms with Crippen LogP contribution >= 0.6 is 0 Å². The molecule has 0 saturated carbocycles. The fraction of sp³-hybridized carbons (Fsp3) is 0.364. The summed E-state index contributed by atoms with van der Waals surface area (Å²) in [4.78, 5) is 27.0. The molecule has 0 radical (unpaired) electrons. The van der Waals surface area contributed by atoms with Crippen molar-refractivity contribution in [2.45, 2.75) is 23.9 Å². The Labute approximate surface area is 180 Å². The number of hydrogen-bond acceptors (Lipinski definition) is 4. The van der Waals surface area contributed by atoms with Crippen molar-refractivity contribution in [3.63, 3.8) is 0 Å². The van der Waals surface area contributed by atoms with Gasteiger partial charge in [-0.25, -0.2) is 18.0 Å². The largest absolute Gasteiger partial charge is 0.465 e. The molecule has 2 amide bonds. The highest BCUT2D eigenvalue weighted by Gasteiger charge is 2.69. The van der Waals surface area contributed by atoms with Crippen LogP contribution in [0.3, 0.4) is 0 Å². The van der Waals surface area contributed by atoms with Crippen LogP contribution in [0.5, 0.6) is 0 Å². The molecule has 9 heteroatoms. The third kappa shape index (κ3) is 3.52. The van der Waals surface area contributed by atoms with Gasteiger partial charge >= 0.3 is 12.2 Å². The summed E-state index contributed by atoms with van der Waals surface area (Å²) in [6.45, 7) is -0.166. The highest BCUT2D eigenvalue weighted by molar-refractivity contribution is 7.91. The zero-order chi connectivity index (χ0) is 22.3. The summed E-state index contributed by atoms with van der Waals surface area (Å²) in [5.41, 5.74) is -1.36. The summed E-state index contributed by atoms with van der Waals surface area (Å²) in [6.07, 6.45) is -2.27. The summed E-state index contributed by atoms with van der Waals surface area (Å²) < 4.78 is 26.2. The van der Waals surface area contributed by atoms with E-state index in [9.17, 15) is 28.2 Å². The number of rotatable bonds is 4. The number of sulfone groups is 1. The minimum absolute atomic E-state index is 0.0828. The highest BCUT2D eigenvalue weighted by Crippen LogP contribution is 2.49.